The van der Waals surface area contributed by atoms with Crippen LogP contribution in [-0.2, 0) is 5.41 Å². The maximum absolute atomic E-state index is 9.30. The lowest BCUT2D eigenvalue weighted by molar-refractivity contribution is 0.474. The zero-order valence-electron chi connectivity index (χ0n) is 12.3. The molecule has 106 valence electrons. The number of allylic oxidation sites excluding steroid dienone is 1. The molecular weight excluding hydrogens is 248 g/mol. The van der Waals surface area contributed by atoms with E-state index in [0.717, 1.165) is 11.1 Å². The highest BCUT2D eigenvalue weighted by Gasteiger charge is 2.22. The zero-order valence-corrected chi connectivity index (χ0v) is 12.3. The van der Waals surface area contributed by atoms with Crippen LogP contribution >= 0.6 is 0 Å². The monoisotopic (exact) mass is 270 g/mol. The fraction of sp³-hybridized carbons (Fsp3) is 0.222. The molecule has 0 saturated heterocycles. The van der Waals surface area contributed by atoms with Crippen molar-refractivity contribution >= 4 is 0 Å². The molecule has 0 aliphatic carbocycles. The Bertz CT molecular complexity index is 489. The van der Waals surface area contributed by atoms with Crippen molar-refractivity contribution in [1.82, 2.24) is 0 Å². The van der Waals surface area contributed by atoms with Gasteiger partial charge in [0.15, 0.2) is 0 Å². The first-order chi connectivity index (χ1) is 9.41. The standard InChI is InChI=1S/C15H16O2.C3H6/c1-15(2,11-3-7-13(16)8-4-11)12-5-9-14(17)10-6-12;1-3-2/h3-10,16-17H,1-2H3;3H,1H2,2H3. The minimum absolute atomic E-state index is 0.151. The van der Waals surface area contributed by atoms with Crippen molar-refractivity contribution in [3.63, 3.8) is 0 Å². The molecule has 0 heterocycles. The molecular formula is C18H22O2. The van der Waals surface area contributed by atoms with E-state index in [-0.39, 0.29) is 16.9 Å². The molecule has 20 heavy (non-hydrogen) atoms. The summed E-state index contributed by atoms with van der Waals surface area (Å²) >= 11 is 0. The summed E-state index contributed by atoms with van der Waals surface area (Å²) < 4.78 is 0. The molecule has 0 atom stereocenters. The molecule has 0 radical (unpaired) electrons. The third-order valence-corrected chi connectivity index (χ3v) is 3.18. The van der Waals surface area contributed by atoms with Crippen molar-refractivity contribution in [3.05, 3.63) is 72.3 Å². The first kappa shape index (κ1) is 15.8. The summed E-state index contributed by atoms with van der Waals surface area (Å²) in [6.45, 7) is 9.48. The molecule has 2 N–H and O–H groups in total. The van der Waals surface area contributed by atoms with Crippen molar-refractivity contribution in [1.29, 1.82) is 0 Å². The summed E-state index contributed by atoms with van der Waals surface area (Å²) in [4.78, 5) is 0. The van der Waals surface area contributed by atoms with Gasteiger partial charge in [0, 0.05) is 5.41 Å². The van der Waals surface area contributed by atoms with Crippen molar-refractivity contribution in [2.75, 3.05) is 0 Å². The lowest BCUT2D eigenvalue weighted by Crippen LogP contribution is -2.18. The Morgan fingerprint density at radius 1 is 0.800 bits per heavy atom. The third-order valence-electron chi connectivity index (χ3n) is 3.18. The van der Waals surface area contributed by atoms with Gasteiger partial charge in [0.25, 0.3) is 0 Å². The van der Waals surface area contributed by atoms with Gasteiger partial charge in [-0.05, 0) is 42.3 Å². The average molecular weight is 270 g/mol. The summed E-state index contributed by atoms with van der Waals surface area (Å²) in [5.74, 6) is 0.547. The maximum Gasteiger partial charge on any atom is 0.115 e. The summed E-state index contributed by atoms with van der Waals surface area (Å²) in [5, 5.41) is 18.6. The number of hydrogen-bond acceptors (Lipinski definition) is 2. The van der Waals surface area contributed by atoms with Crippen LogP contribution in [-0.4, -0.2) is 10.2 Å². The Kier molecular flexibility index (Phi) is 5.39. The normalized spacial score (nSPS) is 10.3. The molecule has 0 amide bonds. The van der Waals surface area contributed by atoms with Crippen LogP contribution in [0.15, 0.2) is 61.2 Å². The smallest absolute Gasteiger partial charge is 0.115 e. The van der Waals surface area contributed by atoms with Gasteiger partial charge in [0.1, 0.15) is 11.5 Å². The Labute approximate surface area is 121 Å². The van der Waals surface area contributed by atoms with Crippen LogP contribution in [0.5, 0.6) is 11.5 Å². The first-order valence-corrected chi connectivity index (χ1v) is 6.58. The molecule has 0 aliphatic heterocycles. The molecule has 0 saturated carbocycles. The highest BCUT2D eigenvalue weighted by Crippen LogP contribution is 2.32. The Morgan fingerprint density at radius 2 is 1.05 bits per heavy atom. The highest BCUT2D eigenvalue weighted by molar-refractivity contribution is 5.41. The van der Waals surface area contributed by atoms with Gasteiger partial charge in [-0.1, -0.05) is 44.2 Å². The molecule has 0 bridgehead atoms. The summed E-state index contributed by atoms with van der Waals surface area (Å²) in [5.41, 5.74) is 2.10. The molecule has 0 aliphatic rings. The van der Waals surface area contributed by atoms with Crippen molar-refractivity contribution in [3.8, 4) is 11.5 Å². The second-order valence-electron chi connectivity index (χ2n) is 5.13. The number of rotatable bonds is 2. The predicted octanol–water partition coefficient (Wildman–Crippen LogP) is 4.62. The number of phenolic OH excluding ortho intramolecular Hbond substituents is 2. The van der Waals surface area contributed by atoms with E-state index < -0.39 is 0 Å². The van der Waals surface area contributed by atoms with Crippen LogP contribution in [0.25, 0.3) is 0 Å². The molecule has 2 rings (SSSR count). The molecule has 2 nitrogen and oxygen atoms in total. The Morgan fingerprint density at radius 3 is 1.30 bits per heavy atom. The van der Waals surface area contributed by atoms with E-state index in [0.29, 0.717) is 0 Å². The van der Waals surface area contributed by atoms with E-state index in [1.54, 1.807) is 30.3 Å². The van der Waals surface area contributed by atoms with Gasteiger partial charge in [-0.15, -0.1) is 6.58 Å². The van der Waals surface area contributed by atoms with Gasteiger partial charge in [-0.2, -0.15) is 0 Å². The van der Waals surface area contributed by atoms with Gasteiger partial charge in [0.2, 0.25) is 0 Å². The fourth-order valence-corrected chi connectivity index (χ4v) is 1.92. The number of aromatic hydroxyl groups is 2. The van der Waals surface area contributed by atoms with Crippen LogP contribution in [0.3, 0.4) is 0 Å². The molecule has 2 aromatic rings. The van der Waals surface area contributed by atoms with E-state index in [1.807, 2.05) is 31.2 Å². The second-order valence-corrected chi connectivity index (χ2v) is 5.13. The first-order valence-electron chi connectivity index (χ1n) is 6.58. The SMILES string of the molecule is C=CC.CC(C)(c1ccc(O)cc1)c1ccc(O)cc1. The Hall–Kier alpha value is -2.22. The minimum Gasteiger partial charge on any atom is -0.508 e. The molecule has 0 unspecified atom stereocenters. The van der Waals surface area contributed by atoms with Crippen molar-refractivity contribution < 1.29 is 10.2 Å². The minimum atomic E-state index is -0.151. The maximum atomic E-state index is 9.30. The van der Waals surface area contributed by atoms with E-state index in [2.05, 4.69) is 20.4 Å². The lowest BCUT2D eigenvalue weighted by atomic mass is 9.78. The van der Waals surface area contributed by atoms with Gasteiger partial charge < -0.3 is 10.2 Å². The zero-order chi connectivity index (χ0) is 15.2. The van der Waals surface area contributed by atoms with E-state index in [1.165, 1.54) is 0 Å². The topological polar surface area (TPSA) is 40.5 Å². The van der Waals surface area contributed by atoms with E-state index in [4.69, 9.17) is 0 Å². The van der Waals surface area contributed by atoms with E-state index >= 15 is 0 Å². The molecule has 0 fully saturated rings. The number of benzene rings is 2. The van der Waals surface area contributed by atoms with Crippen LogP contribution < -0.4 is 0 Å². The third kappa shape index (κ3) is 3.89. The lowest BCUT2D eigenvalue weighted by Gasteiger charge is -2.26. The summed E-state index contributed by atoms with van der Waals surface area (Å²) in [6, 6.07) is 14.4. The van der Waals surface area contributed by atoms with Crippen molar-refractivity contribution in [2.24, 2.45) is 0 Å². The van der Waals surface area contributed by atoms with Crippen LogP contribution in [0, 0.1) is 0 Å². The summed E-state index contributed by atoms with van der Waals surface area (Å²) in [6.07, 6.45) is 1.75. The van der Waals surface area contributed by atoms with Crippen LogP contribution in [0.4, 0.5) is 0 Å². The van der Waals surface area contributed by atoms with Crippen LogP contribution in [0.2, 0.25) is 0 Å². The number of hydrogen-bond donors (Lipinski definition) is 2. The largest absolute Gasteiger partial charge is 0.508 e. The fourth-order valence-electron chi connectivity index (χ4n) is 1.92. The molecule has 2 aromatic carbocycles. The molecule has 0 aromatic heterocycles. The number of phenols is 2. The summed E-state index contributed by atoms with van der Waals surface area (Å²) in [7, 11) is 0. The predicted molar refractivity (Wildman–Crippen MR) is 84.2 cm³/mol. The molecule has 2 heteroatoms. The quantitative estimate of drug-likeness (QED) is 0.782. The van der Waals surface area contributed by atoms with Gasteiger partial charge in [-0.25, -0.2) is 0 Å². The van der Waals surface area contributed by atoms with Gasteiger partial charge in [0.05, 0.1) is 0 Å². The second kappa shape index (κ2) is 6.80. The highest BCUT2D eigenvalue weighted by atomic mass is 16.3. The Balaban J connectivity index is 0.000000612. The molecule has 0 spiro atoms. The van der Waals surface area contributed by atoms with Crippen molar-refractivity contribution in [2.45, 2.75) is 26.2 Å². The van der Waals surface area contributed by atoms with Gasteiger partial charge in [-0.3, -0.25) is 0 Å². The van der Waals surface area contributed by atoms with Crippen LogP contribution in [0.1, 0.15) is 31.9 Å². The van der Waals surface area contributed by atoms with E-state index in [9.17, 15) is 10.2 Å². The average Bonchev–Trinajstić information content (AvgIpc) is 2.40. The van der Waals surface area contributed by atoms with Gasteiger partial charge >= 0.3 is 0 Å².